The Hall–Kier alpha value is -2.11. The summed E-state index contributed by atoms with van der Waals surface area (Å²) in [5, 5.41) is 0.207. The topological polar surface area (TPSA) is 38.8 Å². The molecule has 162 valence electrons. The summed E-state index contributed by atoms with van der Waals surface area (Å²) in [5.74, 6) is -0.782. The van der Waals surface area contributed by atoms with E-state index in [4.69, 9.17) is 21.1 Å². The van der Waals surface area contributed by atoms with Gasteiger partial charge in [0.25, 0.3) is 0 Å². The fraction of sp³-hybridized carbons (Fsp3) is 0.458. The Morgan fingerprint density at radius 1 is 1.17 bits per heavy atom. The van der Waals surface area contributed by atoms with Crippen LogP contribution in [0.1, 0.15) is 49.5 Å². The molecule has 0 bridgehead atoms. The minimum Gasteiger partial charge on any atom is -0.492 e. The molecule has 0 saturated carbocycles. The molecule has 0 amide bonds. The molecule has 0 aliphatic carbocycles. The van der Waals surface area contributed by atoms with Crippen LogP contribution in [0, 0.1) is 11.7 Å². The first-order chi connectivity index (χ1) is 14.2. The lowest BCUT2D eigenvalue weighted by atomic mass is 9.97. The number of ether oxygens (including phenoxy) is 2. The number of hydrogen-bond donors (Lipinski definition) is 0. The van der Waals surface area contributed by atoms with Crippen LogP contribution in [0.15, 0.2) is 42.5 Å². The third-order valence-corrected chi connectivity index (χ3v) is 5.37. The average Bonchev–Trinajstić information content (AvgIpc) is 2.69. The molecule has 1 heterocycles. The van der Waals surface area contributed by atoms with Crippen molar-refractivity contribution >= 4 is 17.6 Å². The van der Waals surface area contributed by atoms with Crippen LogP contribution in [0.2, 0.25) is 5.02 Å². The molecule has 3 rings (SSSR count). The van der Waals surface area contributed by atoms with Crippen molar-refractivity contribution in [2.24, 2.45) is 5.92 Å². The number of rotatable bonds is 6. The molecule has 6 heteroatoms. The molecule has 1 aliphatic rings. The Kier molecular flexibility index (Phi) is 7.37. The highest BCUT2D eigenvalue weighted by atomic mass is 35.5. The highest BCUT2D eigenvalue weighted by molar-refractivity contribution is 6.32. The maximum absolute atomic E-state index is 14.4. The van der Waals surface area contributed by atoms with Gasteiger partial charge in [0.1, 0.15) is 17.2 Å². The van der Waals surface area contributed by atoms with Crippen molar-refractivity contribution in [3.63, 3.8) is 0 Å². The summed E-state index contributed by atoms with van der Waals surface area (Å²) < 4.78 is 25.5. The van der Waals surface area contributed by atoms with Gasteiger partial charge in [-0.1, -0.05) is 41.9 Å². The largest absolute Gasteiger partial charge is 0.492 e. The zero-order valence-corrected chi connectivity index (χ0v) is 18.5. The SMILES string of the molecule is CC(C)(C)OC(=O)c1cc(Cl)c(OCC2CCN(Cc3ccccc3)CC2)cc1F. The lowest BCUT2D eigenvalue weighted by Crippen LogP contribution is -2.35. The Morgan fingerprint density at radius 3 is 2.47 bits per heavy atom. The van der Waals surface area contributed by atoms with E-state index in [1.807, 2.05) is 6.07 Å². The second-order valence-corrected chi connectivity index (χ2v) is 9.19. The number of piperidine rings is 1. The molecule has 0 radical (unpaired) electrons. The van der Waals surface area contributed by atoms with Crippen LogP contribution >= 0.6 is 11.6 Å². The standard InChI is InChI=1S/C24H29ClFNO3/c1-24(2,3)30-23(28)19-13-20(25)22(14-21(19)26)29-16-18-9-11-27(12-10-18)15-17-7-5-4-6-8-17/h4-8,13-14,18H,9-12,15-16H2,1-3H3. The fourth-order valence-electron chi connectivity index (χ4n) is 3.49. The third kappa shape index (κ3) is 6.44. The molecule has 0 aromatic heterocycles. The molecular weight excluding hydrogens is 405 g/mol. The average molecular weight is 434 g/mol. The van der Waals surface area contributed by atoms with Gasteiger partial charge in [-0.15, -0.1) is 0 Å². The van der Waals surface area contributed by atoms with E-state index in [0.717, 1.165) is 32.5 Å². The number of nitrogens with zero attached hydrogens (tertiary/aromatic N) is 1. The molecule has 1 saturated heterocycles. The monoisotopic (exact) mass is 433 g/mol. The Labute approximate surface area is 182 Å². The second kappa shape index (κ2) is 9.80. The summed E-state index contributed by atoms with van der Waals surface area (Å²) in [7, 11) is 0. The first-order valence-electron chi connectivity index (χ1n) is 10.3. The van der Waals surface area contributed by atoms with E-state index in [9.17, 15) is 9.18 Å². The van der Waals surface area contributed by atoms with Gasteiger partial charge in [0.15, 0.2) is 0 Å². The molecule has 4 nitrogen and oxygen atoms in total. The Morgan fingerprint density at radius 2 is 1.83 bits per heavy atom. The van der Waals surface area contributed by atoms with Crippen molar-refractivity contribution in [2.75, 3.05) is 19.7 Å². The van der Waals surface area contributed by atoms with E-state index in [2.05, 4.69) is 29.2 Å². The van der Waals surface area contributed by atoms with Crippen molar-refractivity contribution in [1.29, 1.82) is 0 Å². The first-order valence-corrected chi connectivity index (χ1v) is 10.7. The number of esters is 1. The van der Waals surface area contributed by atoms with E-state index < -0.39 is 17.4 Å². The summed E-state index contributed by atoms with van der Waals surface area (Å²) >= 11 is 6.24. The maximum Gasteiger partial charge on any atom is 0.341 e. The van der Waals surface area contributed by atoms with Crippen molar-refractivity contribution < 1.29 is 18.7 Å². The lowest BCUT2D eigenvalue weighted by Gasteiger charge is -2.32. The van der Waals surface area contributed by atoms with Crippen molar-refractivity contribution in [3.05, 3.63) is 64.4 Å². The molecule has 30 heavy (non-hydrogen) atoms. The van der Waals surface area contributed by atoms with Gasteiger partial charge in [-0.3, -0.25) is 4.90 Å². The number of benzene rings is 2. The van der Waals surface area contributed by atoms with Crippen LogP contribution < -0.4 is 4.74 Å². The molecule has 0 unspecified atom stereocenters. The van der Waals surface area contributed by atoms with Gasteiger partial charge in [0.05, 0.1) is 17.2 Å². The van der Waals surface area contributed by atoms with Crippen LogP contribution in [0.4, 0.5) is 4.39 Å². The molecule has 1 fully saturated rings. The van der Waals surface area contributed by atoms with Gasteiger partial charge >= 0.3 is 5.97 Å². The number of halogens is 2. The predicted molar refractivity (Wildman–Crippen MR) is 117 cm³/mol. The van der Waals surface area contributed by atoms with E-state index in [1.165, 1.54) is 17.7 Å². The quantitative estimate of drug-likeness (QED) is 0.545. The minimum atomic E-state index is -0.737. The first kappa shape index (κ1) is 22.6. The zero-order chi connectivity index (χ0) is 21.7. The van der Waals surface area contributed by atoms with Gasteiger partial charge in [-0.25, -0.2) is 9.18 Å². The summed E-state index contributed by atoms with van der Waals surface area (Å²) in [6, 6.07) is 12.9. The predicted octanol–water partition coefficient (Wildman–Crippen LogP) is 5.73. The minimum absolute atomic E-state index is 0.184. The molecular formula is C24H29ClFNO3. The summed E-state index contributed by atoms with van der Waals surface area (Å²) in [6.45, 7) is 8.63. The molecule has 0 spiro atoms. The van der Waals surface area contributed by atoms with Crippen LogP contribution in [-0.4, -0.2) is 36.2 Å². The highest BCUT2D eigenvalue weighted by Crippen LogP contribution is 2.30. The lowest BCUT2D eigenvalue weighted by molar-refractivity contribution is 0.00646. The molecule has 0 N–H and O–H groups in total. The van der Waals surface area contributed by atoms with Crippen LogP contribution in [0.25, 0.3) is 0 Å². The fourth-order valence-corrected chi connectivity index (χ4v) is 3.71. The number of carbonyl (C=O) groups excluding carboxylic acids is 1. The Bertz CT molecular complexity index is 859. The van der Waals surface area contributed by atoms with Gasteiger partial charge in [0, 0.05) is 12.6 Å². The summed E-state index contributed by atoms with van der Waals surface area (Å²) in [6.07, 6.45) is 2.03. The molecule has 2 aromatic rings. The normalized spacial score (nSPS) is 15.8. The van der Waals surface area contributed by atoms with Gasteiger partial charge in [0.2, 0.25) is 0 Å². The van der Waals surface area contributed by atoms with Crippen LogP contribution in [0.3, 0.4) is 0 Å². The third-order valence-electron chi connectivity index (χ3n) is 5.07. The second-order valence-electron chi connectivity index (χ2n) is 8.78. The zero-order valence-electron chi connectivity index (χ0n) is 17.8. The number of hydrogen-bond acceptors (Lipinski definition) is 4. The van der Waals surface area contributed by atoms with Crippen molar-refractivity contribution in [1.82, 2.24) is 4.90 Å². The van der Waals surface area contributed by atoms with E-state index in [-0.39, 0.29) is 16.3 Å². The summed E-state index contributed by atoms with van der Waals surface area (Å²) in [5.41, 5.74) is 0.427. The number of likely N-dealkylation sites (tertiary alicyclic amines) is 1. The Balaban J connectivity index is 1.51. The van der Waals surface area contributed by atoms with Gasteiger partial charge < -0.3 is 9.47 Å². The van der Waals surface area contributed by atoms with Crippen LogP contribution in [0.5, 0.6) is 5.75 Å². The molecule has 0 atom stereocenters. The maximum atomic E-state index is 14.4. The van der Waals surface area contributed by atoms with Crippen molar-refractivity contribution in [2.45, 2.75) is 45.8 Å². The van der Waals surface area contributed by atoms with E-state index in [0.29, 0.717) is 12.5 Å². The number of carbonyl (C=O) groups is 1. The van der Waals surface area contributed by atoms with Gasteiger partial charge in [-0.2, -0.15) is 0 Å². The smallest absolute Gasteiger partial charge is 0.341 e. The van der Waals surface area contributed by atoms with Crippen molar-refractivity contribution in [3.8, 4) is 5.75 Å². The molecule has 1 aliphatic heterocycles. The highest BCUT2D eigenvalue weighted by Gasteiger charge is 2.24. The van der Waals surface area contributed by atoms with Gasteiger partial charge in [-0.05, 0) is 64.3 Å². The molecule has 2 aromatic carbocycles. The van der Waals surface area contributed by atoms with Crippen LogP contribution in [-0.2, 0) is 11.3 Å². The van der Waals surface area contributed by atoms with E-state index >= 15 is 0 Å². The van der Waals surface area contributed by atoms with E-state index in [1.54, 1.807) is 20.8 Å². The summed E-state index contributed by atoms with van der Waals surface area (Å²) in [4.78, 5) is 14.6.